The molecule has 0 aliphatic heterocycles. The van der Waals surface area contributed by atoms with E-state index in [1.54, 1.807) is 20.3 Å². The van der Waals surface area contributed by atoms with Crippen LogP contribution in [-0.2, 0) is 17.9 Å². The molecule has 0 aliphatic carbocycles. The molecule has 2 rings (SSSR count). The first-order valence-electron chi connectivity index (χ1n) is 8.52. The molecule has 1 unspecified atom stereocenters. The van der Waals surface area contributed by atoms with Gasteiger partial charge in [-0.3, -0.25) is 4.90 Å². The standard InChI is InChI=1S/C20H25Cl2NO4/c1-23(10-14-4-6-17(21)18(22)8-14)11-16(24)13-27-12-15-5-7-19(25-2)20(9-15)26-3/h4-9,16,24H,10-13H2,1-3H3. The summed E-state index contributed by atoms with van der Waals surface area (Å²) in [6.07, 6.45) is -0.599. The topological polar surface area (TPSA) is 51.2 Å². The van der Waals surface area contributed by atoms with Gasteiger partial charge in [-0.1, -0.05) is 35.3 Å². The molecule has 0 heterocycles. The number of hydrogen-bond acceptors (Lipinski definition) is 5. The highest BCUT2D eigenvalue weighted by Crippen LogP contribution is 2.27. The van der Waals surface area contributed by atoms with Gasteiger partial charge >= 0.3 is 0 Å². The predicted octanol–water partition coefficient (Wildman–Crippen LogP) is 4.02. The molecule has 0 saturated carbocycles. The van der Waals surface area contributed by atoms with E-state index in [2.05, 4.69) is 0 Å². The molecule has 27 heavy (non-hydrogen) atoms. The van der Waals surface area contributed by atoms with Gasteiger partial charge in [-0.25, -0.2) is 0 Å². The summed E-state index contributed by atoms with van der Waals surface area (Å²) in [6, 6.07) is 11.1. The van der Waals surface area contributed by atoms with Crippen molar-refractivity contribution in [2.75, 3.05) is 34.4 Å². The van der Waals surface area contributed by atoms with Crippen molar-refractivity contribution in [3.63, 3.8) is 0 Å². The minimum atomic E-state index is -0.599. The minimum Gasteiger partial charge on any atom is -0.493 e. The first-order valence-corrected chi connectivity index (χ1v) is 9.27. The Balaban J connectivity index is 1.76. The Hall–Kier alpha value is -1.50. The number of halogens is 2. The molecule has 1 atom stereocenters. The fraction of sp³-hybridized carbons (Fsp3) is 0.400. The van der Waals surface area contributed by atoms with Gasteiger partial charge in [0.2, 0.25) is 0 Å². The Labute approximate surface area is 170 Å². The van der Waals surface area contributed by atoms with E-state index in [0.717, 1.165) is 11.1 Å². The molecule has 2 aromatic carbocycles. The van der Waals surface area contributed by atoms with Crippen LogP contribution in [-0.4, -0.2) is 50.5 Å². The summed E-state index contributed by atoms with van der Waals surface area (Å²) in [5.41, 5.74) is 1.98. The smallest absolute Gasteiger partial charge is 0.161 e. The van der Waals surface area contributed by atoms with E-state index in [-0.39, 0.29) is 6.61 Å². The fourth-order valence-electron chi connectivity index (χ4n) is 2.71. The highest BCUT2D eigenvalue weighted by atomic mass is 35.5. The molecule has 0 fully saturated rings. The second-order valence-electron chi connectivity index (χ2n) is 6.30. The highest BCUT2D eigenvalue weighted by molar-refractivity contribution is 6.42. The van der Waals surface area contributed by atoms with E-state index < -0.39 is 6.10 Å². The summed E-state index contributed by atoms with van der Waals surface area (Å²) in [7, 11) is 5.12. The molecule has 5 nitrogen and oxygen atoms in total. The van der Waals surface area contributed by atoms with Gasteiger partial charge in [-0.15, -0.1) is 0 Å². The molecule has 2 aromatic rings. The van der Waals surface area contributed by atoms with Crippen LogP contribution >= 0.6 is 23.2 Å². The van der Waals surface area contributed by atoms with Gasteiger partial charge < -0.3 is 19.3 Å². The number of aliphatic hydroxyl groups is 1. The van der Waals surface area contributed by atoms with Crippen molar-refractivity contribution in [3.8, 4) is 11.5 Å². The Morgan fingerprint density at radius 3 is 2.33 bits per heavy atom. The molecular formula is C20H25Cl2NO4. The molecule has 0 saturated heterocycles. The third-order valence-corrected chi connectivity index (χ3v) is 4.72. The molecule has 0 aliphatic rings. The van der Waals surface area contributed by atoms with E-state index in [9.17, 15) is 5.11 Å². The second kappa shape index (κ2) is 10.7. The van der Waals surface area contributed by atoms with Crippen LogP contribution in [0.15, 0.2) is 36.4 Å². The Kier molecular flexibility index (Phi) is 8.67. The number of benzene rings is 2. The predicted molar refractivity (Wildman–Crippen MR) is 108 cm³/mol. The van der Waals surface area contributed by atoms with Gasteiger partial charge in [0.05, 0.1) is 43.6 Å². The molecule has 148 valence electrons. The number of methoxy groups -OCH3 is 2. The van der Waals surface area contributed by atoms with Crippen molar-refractivity contribution in [3.05, 3.63) is 57.6 Å². The zero-order valence-corrected chi connectivity index (χ0v) is 17.3. The summed E-state index contributed by atoms with van der Waals surface area (Å²) in [4.78, 5) is 2.00. The fourth-order valence-corrected chi connectivity index (χ4v) is 3.03. The van der Waals surface area contributed by atoms with Crippen LogP contribution in [0.5, 0.6) is 11.5 Å². The van der Waals surface area contributed by atoms with Crippen LogP contribution in [0.4, 0.5) is 0 Å². The summed E-state index contributed by atoms with van der Waals surface area (Å²) in [6.45, 7) is 1.75. The van der Waals surface area contributed by atoms with Crippen LogP contribution in [0.25, 0.3) is 0 Å². The zero-order valence-electron chi connectivity index (χ0n) is 15.7. The maximum absolute atomic E-state index is 10.2. The maximum atomic E-state index is 10.2. The zero-order chi connectivity index (χ0) is 19.8. The van der Waals surface area contributed by atoms with Crippen molar-refractivity contribution >= 4 is 23.2 Å². The van der Waals surface area contributed by atoms with Crippen molar-refractivity contribution in [2.45, 2.75) is 19.3 Å². The summed E-state index contributed by atoms with van der Waals surface area (Å²) < 4.78 is 16.1. The lowest BCUT2D eigenvalue weighted by Crippen LogP contribution is -2.31. The van der Waals surface area contributed by atoms with Gasteiger partial charge in [0.1, 0.15) is 0 Å². The average molecular weight is 414 g/mol. The molecular weight excluding hydrogens is 389 g/mol. The van der Waals surface area contributed by atoms with E-state index >= 15 is 0 Å². The normalized spacial score (nSPS) is 12.3. The van der Waals surface area contributed by atoms with Crippen LogP contribution in [0.1, 0.15) is 11.1 Å². The van der Waals surface area contributed by atoms with Gasteiger partial charge in [0.15, 0.2) is 11.5 Å². The summed E-state index contributed by atoms with van der Waals surface area (Å²) in [5.74, 6) is 1.32. The van der Waals surface area contributed by atoms with Gasteiger partial charge in [0, 0.05) is 13.1 Å². The molecule has 0 bridgehead atoms. The number of likely N-dealkylation sites (N-methyl/N-ethyl adjacent to an activating group) is 1. The number of ether oxygens (including phenoxy) is 3. The molecule has 0 spiro atoms. The highest BCUT2D eigenvalue weighted by Gasteiger charge is 2.11. The Bertz CT molecular complexity index is 742. The average Bonchev–Trinajstić information content (AvgIpc) is 2.64. The molecule has 0 radical (unpaired) electrons. The maximum Gasteiger partial charge on any atom is 0.161 e. The number of aliphatic hydroxyl groups excluding tert-OH is 1. The largest absolute Gasteiger partial charge is 0.493 e. The second-order valence-corrected chi connectivity index (χ2v) is 7.12. The van der Waals surface area contributed by atoms with Gasteiger partial charge in [-0.05, 0) is 42.4 Å². The lowest BCUT2D eigenvalue weighted by Gasteiger charge is -2.21. The van der Waals surface area contributed by atoms with Crippen molar-refractivity contribution in [1.29, 1.82) is 0 Å². The lowest BCUT2D eigenvalue weighted by molar-refractivity contribution is 0.0126. The van der Waals surface area contributed by atoms with Crippen LogP contribution in [0.2, 0.25) is 10.0 Å². The monoisotopic (exact) mass is 413 g/mol. The van der Waals surface area contributed by atoms with Crippen LogP contribution in [0.3, 0.4) is 0 Å². The summed E-state index contributed by atoms with van der Waals surface area (Å²) >= 11 is 12.0. The lowest BCUT2D eigenvalue weighted by atomic mass is 10.2. The molecule has 1 N–H and O–H groups in total. The van der Waals surface area contributed by atoms with Gasteiger partial charge in [-0.2, -0.15) is 0 Å². The van der Waals surface area contributed by atoms with E-state index in [0.29, 0.717) is 41.2 Å². The third-order valence-electron chi connectivity index (χ3n) is 3.99. The Morgan fingerprint density at radius 2 is 1.67 bits per heavy atom. The van der Waals surface area contributed by atoms with Crippen LogP contribution in [0, 0.1) is 0 Å². The SMILES string of the molecule is COc1ccc(COCC(O)CN(C)Cc2ccc(Cl)c(Cl)c2)cc1OC. The van der Waals surface area contributed by atoms with E-state index in [4.69, 9.17) is 37.4 Å². The number of rotatable bonds is 10. The van der Waals surface area contributed by atoms with Crippen LogP contribution < -0.4 is 9.47 Å². The summed E-state index contributed by atoms with van der Waals surface area (Å²) in [5, 5.41) is 11.3. The number of nitrogens with zero attached hydrogens (tertiary/aromatic N) is 1. The molecule has 7 heteroatoms. The molecule has 0 aromatic heterocycles. The number of hydrogen-bond donors (Lipinski definition) is 1. The Morgan fingerprint density at radius 1 is 0.963 bits per heavy atom. The molecule has 0 amide bonds. The minimum absolute atomic E-state index is 0.236. The van der Waals surface area contributed by atoms with Gasteiger partial charge in [0.25, 0.3) is 0 Å². The third kappa shape index (κ3) is 6.87. The quantitative estimate of drug-likeness (QED) is 0.637. The van der Waals surface area contributed by atoms with Crippen molar-refractivity contribution in [1.82, 2.24) is 4.90 Å². The van der Waals surface area contributed by atoms with Crippen molar-refractivity contribution < 1.29 is 19.3 Å². The first kappa shape index (κ1) is 21.8. The first-order chi connectivity index (χ1) is 12.9. The van der Waals surface area contributed by atoms with E-state index in [1.165, 1.54) is 0 Å². The van der Waals surface area contributed by atoms with Crippen molar-refractivity contribution in [2.24, 2.45) is 0 Å². The van der Waals surface area contributed by atoms with E-state index in [1.807, 2.05) is 42.3 Å².